The first-order valence-corrected chi connectivity index (χ1v) is 29.9. The van der Waals surface area contributed by atoms with Crippen LogP contribution in [0, 0.1) is 7.43 Å². The maximum Gasteiger partial charge on any atom is 0.324 e. The number of aromatic nitrogens is 3. The second-order valence-corrected chi connectivity index (χ2v) is 21.6. The molecule has 0 radical (unpaired) electrons. The Bertz CT molecular complexity index is 4110. The molecule has 8 amide bonds. The minimum atomic E-state index is -1.46. The average molecular weight is 1480 g/mol. The fraction of sp³-hybridized carbons (Fsp3) is 0.191. The van der Waals surface area contributed by atoms with Crippen LogP contribution in [0.15, 0.2) is 170 Å². The first-order valence-electron chi connectivity index (χ1n) is 28.8. The van der Waals surface area contributed by atoms with Crippen molar-refractivity contribution in [3.8, 4) is 17.6 Å². The van der Waals surface area contributed by atoms with Crippen LogP contribution in [0.3, 0.4) is 0 Å². The zero-order valence-electron chi connectivity index (χ0n) is 52.4. The van der Waals surface area contributed by atoms with E-state index in [1.807, 2.05) is 60.7 Å². The smallest absolute Gasteiger partial charge is 0.324 e. The monoisotopic (exact) mass is 1470 g/mol. The number of amides is 8. The summed E-state index contributed by atoms with van der Waals surface area (Å²) in [4.78, 5) is 138. The van der Waals surface area contributed by atoms with E-state index in [2.05, 4.69) is 25.6 Å². The minimum Gasteiger partial charge on any atom is -0.481 e. The van der Waals surface area contributed by atoms with Gasteiger partial charge in [0.1, 0.15) is 13.2 Å². The summed E-state index contributed by atoms with van der Waals surface area (Å²) < 4.78 is 20.2. The predicted molar refractivity (Wildman–Crippen MR) is 347 cm³/mol. The van der Waals surface area contributed by atoms with E-state index < -0.39 is 71.0 Å². The van der Waals surface area contributed by atoms with Gasteiger partial charge >= 0.3 is 5.97 Å². The van der Waals surface area contributed by atoms with Crippen LogP contribution in [0.2, 0.25) is 15.1 Å². The molecule has 3 aliphatic rings. The molecule has 0 spiro atoms. The van der Waals surface area contributed by atoms with Gasteiger partial charge in [0, 0.05) is 73.3 Å². The molecule has 5 aromatic carbocycles. The van der Waals surface area contributed by atoms with Crippen LogP contribution in [0.1, 0.15) is 101 Å². The number of methoxy groups -OCH3 is 3. The third-order valence-electron chi connectivity index (χ3n) is 14.1. The van der Waals surface area contributed by atoms with E-state index in [1.54, 1.807) is 79.7 Å². The number of rotatable bonds is 18. The minimum absolute atomic E-state index is 0. The van der Waals surface area contributed by atoms with Crippen molar-refractivity contribution in [2.75, 3.05) is 27.9 Å². The molecule has 29 heteroatoms. The molecule has 0 aliphatic carbocycles. The van der Waals surface area contributed by atoms with Gasteiger partial charge in [-0.2, -0.15) is 5.06 Å². The molecule has 25 nitrogen and oxygen atoms in total. The molecule has 0 saturated carbocycles. The van der Waals surface area contributed by atoms with Crippen molar-refractivity contribution < 1.29 is 97.4 Å². The molecule has 3 aromatic heterocycles. The Morgan fingerprint density at radius 1 is 0.474 bits per heavy atom. The number of nitrogens with one attached hydrogen (secondary N) is 2. The number of nitrogens with zero attached hydrogens (tertiary/aromatic N) is 6. The number of imide groups is 3. The number of benzene rings is 5. The topological polar surface area (TPSA) is 328 Å². The van der Waals surface area contributed by atoms with Crippen molar-refractivity contribution in [1.82, 2.24) is 40.8 Å². The Balaban J connectivity index is 0.000000215. The van der Waals surface area contributed by atoms with E-state index in [4.69, 9.17) is 69.2 Å². The summed E-state index contributed by atoms with van der Waals surface area (Å²) in [5.74, 6) is -10.9. The fourth-order valence-electron chi connectivity index (χ4n) is 9.24. The van der Waals surface area contributed by atoms with E-state index >= 15 is 0 Å². The largest absolute Gasteiger partial charge is 0.481 e. The third kappa shape index (κ3) is 19.2. The molecule has 508 valence electrons. The van der Waals surface area contributed by atoms with Crippen molar-refractivity contribution in [3.63, 3.8) is 0 Å². The van der Waals surface area contributed by atoms with Crippen LogP contribution in [0.4, 0.5) is 0 Å². The molecule has 3 unspecified atom stereocenters. The van der Waals surface area contributed by atoms with Gasteiger partial charge in [-0.25, -0.2) is 15.0 Å². The number of hydrogen-bond acceptors (Lipinski definition) is 20. The third-order valence-corrected chi connectivity index (χ3v) is 14.9. The molecule has 6 heterocycles. The Labute approximate surface area is 585 Å². The Morgan fingerprint density at radius 3 is 1.18 bits per heavy atom. The SMILES string of the molecule is CCOC(=O)C1C(=O)N(OCc2ccccc2)C(=O)c2ccc(OC)nc21.COc1ccc2c(n1)C(C(=O)NCc1ccc(Cl)cc1)C(=O)N(O)C2=O.COc1ccc2c(n1)C(C(=O)NCc1ccc(Cl)cc1)C(=O)N(OCc1ccccc1)C2=O.NCc1ccc(Cl)cc1.[CH3-].[Pd]. The number of nitrogens with two attached hydrogens (primary N) is 1. The summed E-state index contributed by atoms with van der Waals surface area (Å²) in [7, 11) is 4.18. The van der Waals surface area contributed by atoms with Crippen molar-refractivity contribution in [2.45, 2.75) is 57.5 Å². The van der Waals surface area contributed by atoms with Crippen molar-refractivity contribution in [1.29, 1.82) is 0 Å². The summed E-state index contributed by atoms with van der Waals surface area (Å²) in [5.41, 5.74) is 9.67. The fourth-order valence-corrected chi connectivity index (χ4v) is 9.62. The van der Waals surface area contributed by atoms with Gasteiger partial charge in [-0.15, -0.1) is 10.1 Å². The van der Waals surface area contributed by atoms with E-state index in [-0.39, 0.29) is 117 Å². The summed E-state index contributed by atoms with van der Waals surface area (Å²) in [6.45, 7) is 2.57. The number of carbonyl (C=O) groups is 9. The maximum absolute atomic E-state index is 13.2. The van der Waals surface area contributed by atoms with Gasteiger partial charge < -0.3 is 42.7 Å². The summed E-state index contributed by atoms with van der Waals surface area (Å²) in [6, 6.07) is 48.0. The number of ether oxygens (including phenoxy) is 4. The molecule has 0 bridgehead atoms. The molecule has 5 N–H and O–H groups in total. The molecule has 0 fully saturated rings. The molecule has 3 aliphatic heterocycles. The van der Waals surface area contributed by atoms with Gasteiger partial charge in [0.05, 0.1) is 61.7 Å². The normalized spacial score (nSPS) is 14.9. The van der Waals surface area contributed by atoms with Crippen LogP contribution in [-0.4, -0.2) is 117 Å². The summed E-state index contributed by atoms with van der Waals surface area (Å²) >= 11 is 17.3. The van der Waals surface area contributed by atoms with Gasteiger partial charge in [0.25, 0.3) is 35.4 Å². The van der Waals surface area contributed by atoms with Gasteiger partial charge in [-0.3, -0.25) is 58.0 Å². The van der Waals surface area contributed by atoms with E-state index in [0.29, 0.717) is 26.7 Å². The second kappa shape index (κ2) is 36.3. The molecule has 8 aromatic rings. The second-order valence-electron chi connectivity index (χ2n) is 20.3. The number of halogens is 3. The number of fused-ring (bicyclic) bond motifs is 3. The van der Waals surface area contributed by atoms with Crippen LogP contribution in [-0.2, 0) is 96.5 Å². The number of carbonyl (C=O) groups excluding carboxylic acids is 9. The number of hydroxylamine groups is 6. The molecule has 3 atom stereocenters. The van der Waals surface area contributed by atoms with Gasteiger partial charge in [0.15, 0.2) is 17.8 Å². The summed E-state index contributed by atoms with van der Waals surface area (Å²) in [6.07, 6.45) is 0. The number of pyridine rings is 3. The van der Waals surface area contributed by atoms with Gasteiger partial charge in [-0.05, 0) is 89.3 Å². The molecule has 97 heavy (non-hydrogen) atoms. The van der Waals surface area contributed by atoms with Crippen molar-refractivity contribution in [2.24, 2.45) is 5.73 Å². The van der Waals surface area contributed by atoms with E-state index in [1.165, 1.54) is 57.7 Å². The van der Waals surface area contributed by atoms with Gasteiger partial charge in [0.2, 0.25) is 29.5 Å². The molecule has 11 rings (SSSR count). The van der Waals surface area contributed by atoms with Crippen LogP contribution < -0.4 is 30.6 Å². The van der Waals surface area contributed by atoms with Crippen LogP contribution in [0.25, 0.3) is 0 Å². The van der Waals surface area contributed by atoms with Crippen molar-refractivity contribution >= 4 is 88.0 Å². The van der Waals surface area contributed by atoms with Crippen LogP contribution >= 0.6 is 34.8 Å². The van der Waals surface area contributed by atoms with Crippen LogP contribution in [0.5, 0.6) is 17.6 Å². The molecule has 0 saturated heterocycles. The van der Waals surface area contributed by atoms with Gasteiger partial charge in [-0.1, -0.05) is 132 Å². The average Bonchev–Trinajstić information content (AvgIpc) is 0.777. The number of esters is 1. The van der Waals surface area contributed by atoms with E-state index in [9.17, 15) is 48.4 Å². The zero-order chi connectivity index (χ0) is 68.3. The maximum atomic E-state index is 13.2. The molecular weight excluding hydrogens is 1410 g/mol. The van der Waals surface area contributed by atoms with Crippen molar-refractivity contribution in [3.05, 3.63) is 254 Å². The van der Waals surface area contributed by atoms with E-state index in [0.717, 1.165) is 32.8 Å². The first kappa shape index (κ1) is 76.2. The Morgan fingerprint density at radius 2 is 0.814 bits per heavy atom. The standard InChI is InChI=1S/C24H20ClN3O5.C19H18N2O6.C17H14ClN3O5.C7H8ClN.CH3.Pd/c1-32-19-12-11-18-21(27-19)20(22(29)26-13-15-7-9-17(25)10-8-15)24(31)28(23(18)30)33-14-16-5-3-2-4-6-16;1-3-26-19(24)15-16-13(9-10-14(20-16)25-2)17(22)21(18(15)23)27-11-12-7-5-4-6-8-12;1-26-12-7-6-11-14(20-12)13(17(24)21(25)16(11)23)15(22)19-8-9-2-4-10(18)5-3-9;8-7-3-1-6(5-9)2-4-7;;/h2-12,20H,13-14H2,1H3,(H,26,29);4-10,15H,3,11H2,1-2H3;2-7,13,25H,8H2,1H3,(H,19,22);1-4H,5,9H2;1H3;/q;;;;-1;. The Hall–Kier alpha value is -9.85. The predicted octanol–water partition coefficient (Wildman–Crippen LogP) is 8.87. The zero-order valence-corrected chi connectivity index (χ0v) is 56.2. The Kier molecular flexibility index (Phi) is 28.5. The number of hydrogen-bond donors (Lipinski definition) is 4. The first-order chi connectivity index (χ1) is 45.8. The summed E-state index contributed by atoms with van der Waals surface area (Å²) in [5, 5.41) is 18.1. The quantitative estimate of drug-likeness (QED) is 0.0155. The molecular formula is C68H63Cl3N9O16Pd-.